The van der Waals surface area contributed by atoms with Crippen LogP contribution in [0.15, 0.2) is 88.9 Å². The molecule has 0 bridgehead atoms. The molecule has 1 heterocycles. The molecule has 0 atom stereocenters. The van der Waals surface area contributed by atoms with Crippen LogP contribution in [0.5, 0.6) is 5.75 Å². The summed E-state index contributed by atoms with van der Waals surface area (Å²) in [7, 11) is -4.05. The zero-order chi connectivity index (χ0) is 27.0. The van der Waals surface area contributed by atoms with E-state index in [2.05, 4.69) is 27.6 Å². The Kier molecular flexibility index (Phi) is 9.38. The highest BCUT2D eigenvalue weighted by Gasteiger charge is 2.27. The summed E-state index contributed by atoms with van der Waals surface area (Å²) in [5.74, 6) is 0.0742. The van der Waals surface area contributed by atoms with E-state index < -0.39 is 22.5 Å². The van der Waals surface area contributed by atoms with Crippen LogP contribution in [-0.4, -0.2) is 51.2 Å². The van der Waals surface area contributed by atoms with Crippen LogP contribution >= 0.6 is 11.6 Å². The number of ether oxygens (including phenoxy) is 1. The molecule has 1 aliphatic heterocycles. The van der Waals surface area contributed by atoms with Gasteiger partial charge in [0, 0.05) is 43.2 Å². The SMILES string of the molecule is CCOc1ccc(N(CC(=O)NN=C2CCN(Cc3ccccc3)CC2)S(=O)(=O)c2ccc(Cl)cc2)cc1. The Morgan fingerprint density at radius 1 is 1.00 bits per heavy atom. The van der Waals surface area contributed by atoms with Gasteiger partial charge >= 0.3 is 0 Å². The van der Waals surface area contributed by atoms with Gasteiger partial charge in [0.15, 0.2) is 0 Å². The van der Waals surface area contributed by atoms with Crippen molar-refractivity contribution in [2.24, 2.45) is 5.10 Å². The maximum Gasteiger partial charge on any atom is 0.264 e. The highest BCUT2D eigenvalue weighted by molar-refractivity contribution is 7.92. The number of amides is 1. The second-order valence-electron chi connectivity index (χ2n) is 8.87. The van der Waals surface area contributed by atoms with Crippen molar-refractivity contribution in [3.63, 3.8) is 0 Å². The topological polar surface area (TPSA) is 91.3 Å². The standard InChI is InChI=1S/C28H31ClN4O4S/c1-2-37-26-12-10-25(11-13-26)33(38(35,36)27-14-8-23(29)9-15-27)21-28(34)31-30-24-16-18-32(19-17-24)20-22-6-4-3-5-7-22/h3-15H,2,16-21H2,1H3,(H,31,34). The molecule has 3 aromatic carbocycles. The van der Waals surface area contributed by atoms with Crippen LogP contribution in [0.2, 0.25) is 5.02 Å². The van der Waals surface area contributed by atoms with Gasteiger partial charge in [0.25, 0.3) is 15.9 Å². The van der Waals surface area contributed by atoms with Crippen molar-refractivity contribution in [1.29, 1.82) is 0 Å². The van der Waals surface area contributed by atoms with E-state index in [1.54, 1.807) is 24.3 Å². The molecule has 1 fully saturated rings. The summed E-state index contributed by atoms with van der Waals surface area (Å²) in [6, 6.07) is 22.7. The number of rotatable bonds is 10. The minimum Gasteiger partial charge on any atom is -0.494 e. The number of nitrogens with zero attached hydrogens (tertiary/aromatic N) is 3. The van der Waals surface area contributed by atoms with Gasteiger partial charge < -0.3 is 4.74 Å². The number of hydrazone groups is 1. The van der Waals surface area contributed by atoms with Crippen molar-refractivity contribution in [3.8, 4) is 5.75 Å². The molecular weight excluding hydrogens is 524 g/mol. The maximum atomic E-state index is 13.5. The Bertz CT molecular complexity index is 1340. The summed E-state index contributed by atoms with van der Waals surface area (Å²) >= 11 is 5.95. The van der Waals surface area contributed by atoms with Crippen molar-refractivity contribution < 1.29 is 17.9 Å². The quantitative estimate of drug-likeness (QED) is 0.367. The fourth-order valence-corrected chi connectivity index (χ4v) is 5.70. The van der Waals surface area contributed by atoms with Crippen LogP contribution in [0.4, 0.5) is 5.69 Å². The summed E-state index contributed by atoms with van der Waals surface area (Å²) in [4.78, 5) is 15.3. The van der Waals surface area contributed by atoms with Crippen LogP contribution < -0.4 is 14.5 Å². The predicted octanol–water partition coefficient (Wildman–Crippen LogP) is 4.70. The van der Waals surface area contributed by atoms with Crippen molar-refractivity contribution in [1.82, 2.24) is 10.3 Å². The molecule has 38 heavy (non-hydrogen) atoms. The summed E-state index contributed by atoms with van der Waals surface area (Å²) in [5.41, 5.74) is 5.04. The number of hydrogen-bond acceptors (Lipinski definition) is 6. The number of anilines is 1. The van der Waals surface area contributed by atoms with E-state index in [-0.39, 0.29) is 4.90 Å². The first-order valence-corrected chi connectivity index (χ1v) is 14.3. The van der Waals surface area contributed by atoms with Gasteiger partial charge in [0.2, 0.25) is 0 Å². The number of piperidine rings is 1. The smallest absolute Gasteiger partial charge is 0.264 e. The lowest BCUT2D eigenvalue weighted by molar-refractivity contribution is -0.119. The van der Waals surface area contributed by atoms with E-state index in [0.717, 1.165) is 42.5 Å². The molecule has 0 saturated carbocycles. The molecule has 0 aromatic heterocycles. The predicted molar refractivity (Wildman–Crippen MR) is 150 cm³/mol. The van der Waals surface area contributed by atoms with Crippen molar-refractivity contribution in [3.05, 3.63) is 89.4 Å². The molecule has 1 N–H and O–H groups in total. The fraction of sp³-hybridized carbons (Fsp3) is 0.286. The number of halogens is 1. The van der Waals surface area contributed by atoms with Crippen LogP contribution in [0.3, 0.4) is 0 Å². The van der Waals surface area contributed by atoms with E-state index in [0.29, 0.717) is 23.1 Å². The molecule has 0 unspecified atom stereocenters. The lowest BCUT2D eigenvalue weighted by atomic mass is 10.1. The first kappa shape index (κ1) is 27.6. The average Bonchev–Trinajstić information content (AvgIpc) is 2.93. The number of sulfonamides is 1. The minimum atomic E-state index is -4.05. The third-order valence-corrected chi connectivity index (χ3v) is 8.19. The zero-order valence-corrected chi connectivity index (χ0v) is 22.8. The number of hydrogen-bond donors (Lipinski definition) is 1. The zero-order valence-electron chi connectivity index (χ0n) is 21.2. The fourth-order valence-electron chi connectivity index (χ4n) is 4.15. The van der Waals surface area contributed by atoms with Gasteiger partial charge in [0.1, 0.15) is 12.3 Å². The van der Waals surface area contributed by atoms with Crippen LogP contribution in [-0.2, 0) is 21.4 Å². The molecule has 0 spiro atoms. The van der Waals surface area contributed by atoms with Gasteiger partial charge in [-0.05, 0) is 61.0 Å². The average molecular weight is 555 g/mol. The van der Waals surface area contributed by atoms with Gasteiger partial charge in [-0.2, -0.15) is 5.10 Å². The van der Waals surface area contributed by atoms with Crippen LogP contribution in [0.1, 0.15) is 25.3 Å². The number of nitrogens with one attached hydrogen (secondary N) is 1. The van der Waals surface area contributed by atoms with E-state index in [9.17, 15) is 13.2 Å². The Labute approximate surface area is 228 Å². The molecule has 0 radical (unpaired) electrons. The third-order valence-electron chi connectivity index (χ3n) is 6.15. The van der Waals surface area contributed by atoms with E-state index in [4.69, 9.17) is 16.3 Å². The molecule has 4 rings (SSSR count). The Hall–Kier alpha value is -3.40. The largest absolute Gasteiger partial charge is 0.494 e. The molecule has 200 valence electrons. The number of carbonyl (C=O) groups is 1. The molecule has 1 amide bonds. The van der Waals surface area contributed by atoms with Crippen molar-refractivity contribution >= 4 is 38.9 Å². The Balaban J connectivity index is 1.43. The van der Waals surface area contributed by atoms with Gasteiger partial charge in [-0.25, -0.2) is 13.8 Å². The summed E-state index contributed by atoms with van der Waals surface area (Å²) in [6.45, 7) is 4.47. The monoisotopic (exact) mass is 554 g/mol. The summed E-state index contributed by atoms with van der Waals surface area (Å²) < 4.78 is 33.6. The van der Waals surface area contributed by atoms with Gasteiger partial charge in [-0.1, -0.05) is 41.9 Å². The molecule has 3 aromatic rings. The molecule has 1 saturated heterocycles. The van der Waals surface area contributed by atoms with Crippen molar-refractivity contribution in [2.45, 2.75) is 31.2 Å². The third kappa shape index (κ3) is 7.34. The molecule has 8 nitrogen and oxygen atoms in total. The highest BCUT2D eigenvalue weighted by atomic mass is 35.5. The molecular formula is C28H31ClN4O4S. The lowest BCUT2D eigenvalue weighted by Crippen LogP contribution is -2.40. The molecule has 0 aliphatic carbocycles. The summed E-state index contributed by atoms with van der Waals surface area (Å²) in [5, 5.41) is 4.72. The second kappa shape index (κ2) is 12.9. The lowest BCUT2D eigenvalue weighted by Gasteiger charge is -2.27. The van der Waals surface area contributed by atoms with Crippen molar-refractivity contribution in [2.75, 3.05) is 30.5 Å². The Morgan fingerprint density at radius 3 is 2.29 bits per heavy atom. The van der Waals surface area contributed by atoms with Gasteiger partial charge in [0.05, 0.1) is 17.2 Å². The number of carbonyl (C=O) groups excluding carboxylic acids is 1. The normalized spacial score (nSPS) is 14.1. The maximum absolute atomic E-state index is 13.5. The first-order chi connectivity index (χ1) is 18.3. The molecule has 10 heteroatoms. The van der Waals surface area contributed by atoms with Crippen LogP contribution in [0, 0.1) is 0 Å². The van der Waals surface area contributed by atoms with E-state index >= 15 is 0 Å². The first-order valence-electron chi connectivity index (χ1n) is 12.5. The molecule has 1 aliphatic rings. The second-order valence-corrected chi connectivity index (χ2v) is 11.2. The van der Waals surface area contributed by atoms with Gasteiger partial charge in [-0.3, -0.25) is 14.0 Å². The van der Waals surface area contributed by atoms with E-state index in [1.807, 2.05) is 25.1 Å². The van der Waals surface area contributed by atoms with Crippen LogP contribution in [0.25, 0.3) is 0 Å². The minimum absolute atomic E-state index is 0.0284. The number of likely N-dealkylation sites (tertiary alicyclic amines) is 1. The highest BCUT2D eigenvalue weighted by Crippen LogP contribution is 2.26. The van der Waals surface area contributed by atoms with Gasteiger partial charge in [-0.15, -0.1) is 0 Å². The van der Waals surface area contributed by atoms with E-state index in [1.165, 1.54) is 29.8 Å². The number of benzene rings is 3. The Morgan fingerprint density at radius 2 is 1.66 bits per heavy atom. The summed E-state index contributed by atoms with van der Waals surface area (Å²) in [6.07, 6.45) is 1.47.